The van der Waals surface area contributed by atoms with E-state index in [9.17, 15) is 0 Å². The summed E-state index contributed by atoms with van der Waals surface area (Å²) in [7, 11) is 0. The van der Waals surface area contributed by atoms with Crippen molar-refractivity contribution in [3.05, 3.63) is 64.7 Å². The Morgan fingerprint density at radius 3 is 2.38 bits per heavy atom. The van der Waals surface area contributed by atoms with Crippen LogP contribution in [0.1, 0.15) is 54.4 Å². The van der Waals surface area contributed by atoms with Crippen molar-refractivity contribution in [3.63, 3.8) is 0 Å². The fourth-order valence-corrected chi connectivity index (χ4v) is 4.42. The van der Waals surface area contributed by atoms with Crippen LogP contribution in [0.5, 0.6) is 5.75 Å². The molecule has 0 bridgehead atoms. The summed E-state index contributed by atoms with van der Waals surface area (Å²) in [4.78, 5) is 5.03. The van der Waals surface area contributed by atoms with Gasteiger partial charge in [0.1, 0.15) is 12.4 Å². The third kappa shape index (κ3) is 6.82. The highest BCUT2D eigenvalue weighted by Crippen LogP contribution is 2.26. The van der Waals surface area contributed by atoms with Crippen molar-refractivity contribution in [1.29, 1.82) is 10.5 Å². The quantitative estimate of drug-likeness (QED) is 0.546. The van der Waals surface area contributed by atoms with Gasteiger partial charge in [-0.05, 0) is 74.0 Å². The molecule has 1 heterocycles. The molecule has 0 aromatic heterocycles. The first-order valence-corrected chi connectivity index (χ1v) is 11.7. The van der Waals surface area contributed by atoms with E-state index in [0.717, 1.165) is 62.6 Å². The predicted molar refractivity (Wildman–Crippen MR) is 128 cm³/mol. The SMILES string of the molecule is CCC(CCCN1CCN(CCOc2cccc(C#N)c2)CC1)c1ccc(C#N)c(C)c1. The van der Waals surface area contributed by atoms with Gasteiger partial charge in [-0.15, -0.1) is 0 Å². The molecule has 0 aliphatic carbocycles. The molecule has 168 valence electrons. The van der Waals surface area contributed by atoms with E-state index in [1.165, 1.54) is 18.4 Å². The van der Waals surface area contributed by atoms with Gasteiger partial charge in [0.05, 0.1) is 23.3 Å². The van der Waals surface area contributed by atoms with Gasteiger partial charge in [-0.3, -0.25) is 4.90 Å². The number of nitrogens with zero attached hydrogens (tertiary/aromatic N) is 4. The molecule has 2 aromatic rings. The van der Waals surface area contributed by atoms with Crippen molar-refractivity contribution in [1.82, 2.24) is 9.80 Å². The fourth-order valence-electron chi connectivity index (χ4n) is 4.42. The Labute approximate surface area is 192 Å². The number of hydrogen-bond donors (Lipinski definition) is 0. The Hall–Kier alpha value is -2.86. The summed E-state index contributed by atoms with van der Waals surface area (Å²) in [6.45, 7) is 11.4. The number of benzene rings is 2. The molecule has 0 spiro atoms. The highest BCUT2D eigenvalue weighted by atomic mass is 16.5. The van der Waals surface area contributed by atoms with Crippen molar-refractivity contribution >= 4 is 0 Å². The van der Waals surface area contributed by atoms with Crippen LogP contribution in [0.3, 0.4) is 0 Å². The molecule has 32 heavy (non-hydrogen) atoms. The summed E-state index contributed by atoms with van der Waals surface area (Å²) in [5.41, 5.74) is 3.87. The van der Waals surface area contributed by atoms with E-state index < -0.39 is 0 Å². The van der Waals surface area contributed by atoms with Gasteiger partial charge in [-0.2, -0.15) is 10.5 Å². The van der Waals surface area contributed by atoms with Crippen molar-refractivity contribution in [2.24, 2.45) is 0 Å². The van der Waals surface area contributed by atoms with Crippen molar-refractivity contribution in [3.8, 4) is 17.9 Å². The molecule has 0 amide bonds. The normalized spacial score (nSPS) is 15.6. The highest BCUT2D eigenvalue weighted by molar-refractivity contribution is 5.40. The Balaban J connectivity index is 1.34. The second-order valence-corrected chi connectivity index (χ2v) is 8.60. The number of rotatable bonds is 10. The molecule has 5 heteroatoms. The molecule has 1 fully saturated rings. The molecule has 3 rings (SSSR count). The maximum Gasteiger partial charge on any atom is 0.120 e. The summed E-state index contributed by atoms with van der Waals surface area (Å²) < 4.78 is 5.82. The zero-order chi connectivity index (χ0) is 22.8. The van der Waals surface area contributed by atoms with Gasteiger partial charge in [-0.25, -0.2) is 0 Å². The van der Waals surface area contributed by atoms with Crippen LogP contribution in [0.15, 0.2) is 42.5 Å². The maximum atomic E-state index is 9.15. The van der Waals surface area contributed by atoms with E-state index in [4.69, 9.17) is 15.3 Å². The summed E-state index contributed by atoms with van der Waals surface area (Å²) >= 11 is 0. The molecule has 1 atom stereocenters. The zero-order valence-corrected chi connectivity index (χ0v) is 19.4. The van der Waals surface area contributed by atoms with Crippen LogP contribution in [-0.4, -0.2) is 55.7 Å². The zero-order valence-electron chi connectivity index (χ0n) is 19.4. The van der Waals surface area contributed by atoms with Crippen molar-refractivity contribution in [2.75, 3.05) is 45.9 Å². The summed E-state index contributed by atoms with van der Waals surface area (Å²) in [6.07, 6.45) is 3.53. The molecule has 0 N–H and O–H groups in total. The molecule has 1 saturated heterocycles. The molecule has 2 aromatic carbocycles. The lowest BCUT2D eigenvalue weighted by molar-refractivity contribution is 0.115. The van der Waals surface area contributed by atoms with E-state index in [1.807, 2.05) is 25.1 Å². The third-order valence-corrected chi connectivity index (χ3v) is 6.47. The van der Waals surface area contributed by atoms with Gasteiger partial charge in [-0.1, -0.05) is 25.1 Å². The van der Waals surface area contributed by atoms with Crippen LogP contribution >= 0.6 is 0 Å². The summed E-state index contributed by atoms with van der Waals surface area (Å²) in [5.74, 6) is 1.34. The number of nitriles is 2. The second-order valence-electron chi connectivity index (χ2n) is 8.60. The predicted octanol–water partition coefficient (Wildman–Crippen LogP) is 4.71. The molecule has 5 nitrogen and oxygen atoms in total. The summed E-state index contributed by atoms with van der Waals surface area (Å²) in [6, 6.07) is 18.1. The molecule has 0 saturated carbocycles. The van der Waals surface area contributed by atoms with Crippen LogP contribution in [0.4, 0.5) is 0 Å². The number of ether oxygens (including phenoxy) is 1. The first kappa shape index (κ1) is 23.8. The van der Waals surface area contributed by atoms with Crippen molar-refractivity contribution in [2.45, 2.75) is 39.0 Å². The average molecular weight is 431 g/mol. The topological polar surface area (TPSA) is 63.3 Å². The van der Waals surface area contributed by atoms with Crippen LogP contribution in [0, 0.1) is 29.6 Å². The lowest BCUT2D eigenvalue weighted by Crippen LogP contribution is -2.47. The Kier molecular flexibility index (Phi) is 9.11. The smallest absolute Gasteiger partial charge is 0.120 e. The highest BCUT2D eigenvalue weighted by Gasteiger charge is 2.17. The van der Waals surface area contributed by atoms with Gasteiger partial charge in [0, 0.05) is 32.7 Å². The average Bonchev–Trinajstić information content (AvgIpc) is 2.83. The number of hydrogen-bond acceptors (Lipinski definition) is 5. The molecular formula is C27H34N4O. The molecule has 1 aliphatic rings. The number of piperazine rings is 1. The first-order valence-electron chi connectivity index (χ1n) is 11.7. The third-order valence-electron chi connectivity index (χ3n) is 6.47. The van der Waals surface area contributed by atoms with Crippen molar-refractivity contribution < 1.29 is 4.74 Å². The minimum atomic E-state index is 0.569. The Morgan fingerprint density at radius 1 is 0.969 bits per heavy atom. The van der Waals surface area contributed by atoms with E-state index in [1.54, 1.807) is 12.1 Å². The van der Waals surface area contributed by atoms with Crippen LogP contribution in [-0.2, 0) is 0 Å². The molecule has 1 unspecified atom stereocenters. The van der Waals surface area contributed by atoms with Gasteiger partial charge in [0.2, 0.25) is 0 Å². The summed E-state index contributed by atoms with van der Waals surface area (Å²) in [5, 5.41) is 18.1. The first-order chi connectivity index (χ1) is 15.6. The van der Waals surface area contributed by atoms with Gasteiger partial charge in [0.15, 0.2) is 0 Å². The van der Waals surface area contributed by atoms with E-state index in [2.05, 4.69) is 41.0 Å². The van der Waals surface area contributed by atoms with Crippen LogP contribution in [0.2, 0.25) is 0 Å². The Bertz CT molecular complexity index is 951. The van der Waals surface area contributed by atoms with Gasteiger partial charge in [0.25, 0.3) is 0 Å². The van der Waals surface area contributed by atoms with E-state index >= 15 is 0 Å². The largest absolute Gasteiger partial charge is 0.492 e. The van der Waals surface area contributed by atoms with Gasteiger partial charge < -0.3 is 9.64 Å². The molecular weight excluding hydrogens is 396 g/mol. The van der Waals surface area contributed by atoms with Gasteiger partial charge >= 0.3 is 0 Å². The maximum absolute atomic E-state index is 9.15. The lowest BCUT2D eigenvalue weighted by Gasteiger charge is -2.34. The fraction of sp³-hybridized carbons (Fsp3) is 0.481. The Morgan fingerprint density at radius 2 is 1.72 bits per heavy atom. The van der Waals surface area contributed by atoms with E-state index in [-0.39, 0.29) is 0 Å². The van der Waals surface area contributed by atoms with Crippen LogP contribution < -0.4 is 4.74 Å². The second kappa shape index (κ2) is 12.2. The molecule has 1 aliphatic heterocycles. The monoisotopic (exact) mass is 430 g/mol. The number of aryl methyl sites for hydroxylation is 1. The lowest BCUT2D eigenvalue weighted by atomic mass is 9.90. The minimum Gasteiger partial charge on any atom is -0.492 e. The minimum absolute atomic E-state index is 0.569. The van der Waals surface area contributed by atoms with Crippen LogP contribution in [0.25, 0.3) is 0 Å². The molecule has 0 radical (unpaired) electrons. The van der Waals surface area contributed by atoms with E-state index in [0.29, 0.717) is 18.1 Å². The standard InChI is InChI=1S/C27H34N4O/c1-3-24(25-9-10-26(21-29)22(2)18-25)7-5-11-30-12-14-31(15-13-30)16-17-32-27-8-4-6-23(19-27)20-28/h4,6,8-10,18-19,24H,3,5,7,11-17H2,1-2H3.